The number of pyridine rings is 1. The number of rotatable bonds is 9. The van der Waals surface area contributed by atoms with Crippen molar-refractivity contribution in [3.8, 4) is 5.75 Å². The van der Waals surface area contributed by atoms with Crippen LogP contribution in [0.5, 0.6) is 5.75 Å². The second-order valence-corrected chi connectivity index (χ2v) is 11.4. The fourth-order valence-electron chi connectivity index (χ4n) is 5.37. The van der Waals surface area contributed by atoms with Crippen molar-refractivity contribution in [2.45, 2.75) is 89.1 Å². The first-order valence-electron chi connectivity index (χ1n) is 13.2. The van der Waals surface area contributed by atoms with Gasteiger partial charge in [0, 0.05) is 36.0 Å². The van der Waals surface area contributed by atoms with Gasteiger partial charge in [0.15, 0.2) is 17.2 Å². The van der Waals surface area contributed by atoms with E-state index in [1.54, 1.807) is 12.1 Å². The van der Waals surface area contributed by atoms with Crippen LogP contribution in [0, 0.1) is 11.6 Å². The highest BCUT2D eigenvalue weighted by atomic mass is 19.3. The van der Waals surface area contributed by atoms with Crippen molar-refractivity contribution in [1.29, 1.82) is 0 Å². The number of carbonyl (C=O) groups is 2. The smallest absolute Gasteiger partial charge is 0.263 e. The third kappa shape index (κ3) is 6.48. The number of hydrogen-bond donors (Lipinski definition) is 3. The second kappa shape index (κ2) is 11.2. The van der Waals surface area contributed by atoms with Gasteiger partial charge in [0.1, 0.15) is 11.6 Å². The molecule has 2 aliphatic rings. The second-order valence-electron chi connectivity index (χ2n) is 11.4. The monoisotopic (exact) mass is 566 g/mol. The maximum absolute atomic E-state index is 14.5. The molecule has 3 atom stereocenters. The molecule has 0 unspecified atom stereocenters. The maximum Gasteiger partial charge on any atom is 0.263 e. The van der Waals surface area contributed by atoms with E-state index in [0.29, 0.717) is 24.7 Å². The fourth-order valence-corrected chi connectivity index (χ4v) is 5.37. The Labute approximate surface area is 230 Å². The van der Waals surface area contributed by atoms with Gasteiger partial charge in [-0.1, -0.05) is 0 Å². The molecule has 2 fully saturated rings. The van der Waals surface area contributed by atoms with Crippen LogP contribution in [0.15, 0.2) is 30.5 Å². The highest BCUT2D eigenvalue weighted by Crippen LogP contribution is 2.39. The van der Waals surface area contributed by atoms with Crippen molar-refractivity contribution in [2.24, 2.45) is 0 Å². The third-order valence-electron chi connectivity index (χ3n) is 7.35. The Hall–Kier alpha value is -3.41. The van der Waals surface area contributed by atoms with Gasteiger partial charge in [-0.2, -0.15) is 0 Å². The quantitative estimate of drug-likeness (QED) is 0.396. The van der Waals surface area contributed by atoms with Gasteiger partial charge in [0.05, 0.1) is 17.7 Å². The zero-order chi connectivity index (χ0) is 29.4. The Morgan fingerprint density at radius 3 is 2.30 bits per heavy atom. The maximum atomic E-state index is 14.5. The molecule has 0 saturated carbocycles. The number of amides is 2. The zero-order valence-electron chi connectivity index (χ0n) is 22.8. The lowest BCUT2D eigenvalue weighted by Crippen LogP contribution is -2.55. The molecule has 1 aromatic heterocycles. The minimum absolute atomic E-state index is 0.0861. The molecule has 3 N–H and O–H groups in total. The first-order valence-corrected chi connectivity index (χ1v) is 13.2. The molecule has 218 valence electrons. The number of nitrogens with one attached hydrogen (secondary N) is 2. The Bertz CT molecular complexity index is 1240. The van der Waals surface area contributed by atoms with Gasteiger partial charge >= 0.3 is 0 Å². The lowest BCUT2D eigenvalue weighted by Gasteiger charge is -2.40. The minimum Gasteiger partial charge on any atom is -0.475 e. The number of fused-ring (bicyclic) bond motifs is 2. The summed E-state index contributed by atoms with van der Waals surface area (Å²) in [6.07, 6.45) is 1.75. The summed E-state index contributed by atoms with van der Waals surface area (Å²) >= 11 is 0. The topological polar surface area (TPSA) is 104 Å². The molecular weight excluding hydrogens is 532 g/mol. The summed E-state index contributed by atoms with van der Waals surface area (Å²) in [6.45, 7) is 4.97. The van der Waals surface area contributed by atoms with Crippen molar-refractivity contribution in [3.05, 3.63) is 53.2 Å². The Morgan fingerprint density at radius 1 is 1.10 bits per heavy atom. The van der Waals surface area contributed by atoms with Crippen LogP contribution in [0.2, 0.25) is 0 Å². The van der Waals surface area contributed by atoms with Crippen LogP contribution in [-0.2, 0) is 10.4 Å². The van der Waals surface area contributed by atoms with Gasteiger partial charge in [0.2, 0.25) is 0 Å². The largest absolute Gasteiger partial charge is 0.475 e. The van der Waals surface area contributed by atoms with Gasteiger partial charge in [0.25, 0.3) is 18.2 Å². The molecular formula is C28H34F4N4O4. The summed E-state index contributed by atoms with van der Waals surface area (Å²) in [7, 11) is 0. The highest BCUT2D eigenvalue weighted by molar-refractivity contribution is 5.94. The number of nitrogens with zero attached hydrogens (tertiary/aromatic N) is 2. The van der Waals surface area contributed by atoms with Gasteiger partial charge in [-0.05, 0) is 71.6 Å². The van der Waals surface area contributed by atoms with Crippen molar-refractivity contribution < 1.29 is 37.0 Å². The number of aromatic nitrogens is 1. The molecule has 8 nitrogen and oxygen atoms in total. The lowest BCUT2D eigenvalue weighted by atomic mass is 9.95. The number of hydrogen-bond acceptors (Lipinski definition) is 6. The van der Waals surface area contributed by atoms with Crippen LogP contribution >= 0.6 is 0 Å². The molecule has 2 saturated heterocycles. The fraction of sp³-hybridized carbons (Fsp3) is 0.536. The molecule has 2 bridgehead atoms. The first kappa shape index (κ1) is 29.6. The van der Waals surface area contributed by atoms with E-state index in [0.717, 1.165) is 18.9 Å². The minimum atomic E-state index is -2.64. The average molecular weight is 567 g/mol. The number of piperidine rings is 1. The van der Waals surface area contributed by atoms with E-state index in [4.69, 9.17) is 4.74 Å². The number of ether oxygens (including phenoxy) is 1. The lowest BCUT2D eigenvalue weighted by molar-refractivity contribution is -0.135. The molecule has 4 rings (SSSR count). The van der Waals surface area contributed by atoms with E-state index in [-0.39, 0.29) is 35.0 Å². The molecule has 2 amide bonds. The summed E-state index contributed by atoms with van der Waals surface area (Å²) in [5.41, 5.74) is -3.03. The summed E-state index contributed by atoms with van der Waals surface area (Å²) in [5.74, 6) is -2.66. The third-order valence-corrected chi connectivity index (χ3v) is 7.35. The number of anilines is 1. The van der Waals surface area contributed by atoms with Crippen molar-refractivity contribution >= 4 is 17.6 Å². The van der Waals surface area contributed by atoms with Crippen LogP contribution in [0.3, 0.4) is 0 Å². The van der Waals surface area contributed by atoms with Crippen LogP contribution in [0.25, 0.3) is 0 Å². The van der Waals surface area contributed by atoms with Gasteiger partial charge < -0.3 is 25.4 Å². The molecule has 3 heterocycles. The molecule has 1 aromatic carbocycles. The summed E-state index contributed by atoms with van der Waals surface area (Å²) in [6, 6.07) is 4.94. The first-order chi connectivity index (χ1) is 18.7. The highest BCUT2D eigenvalue weighted by Gasteiger charge is 2.43. The van der Waals surface area contributed by atoms with E-state index in [1.165, 1.54) is 33.9 Å². The molecule has 2 aromatic rings. The Balaban J connectivity index is 1.39. The van der Waals surface area contributed by atoms with E-state index in [1.807, 2.05) is 0 Å². The Kier molecular flexibility index (Phi) is 8.30. The number of carbonyl (C=O) groups excluding carboxylic acids is 2. The van der Waals surface area contributed by atoms with E-state index in [9.17, 15) is 32.3 Å². The van der Waals surface area contributed by atoms with Gasteiger partial charge in [-0.25, -0.2) is 22.5 Å². The van der Waals surface area contributed by atoms with Gasteiger partial charge in [-0.3, -0.25) is 9.59 Å². The standard InChI is InChI=1S/C28H34F4N4O4/c1-27(2,39)19-11-22(21(30)12-20(19)29)40-28(3,4)26(38)35-16-9-17-6-7-18(10-16)36(17)24-8-5-15(13-33-24)25(37)34-14-23(31)32/h5,8,11-13,16-18,23,39H,6-7,9-10,14H2,1-4H3,(H,34,37)(H,35,38)/t16-,17+,18-. The summed E-state index contributed by atoms with van der Waals surface area (Å²) < 4.78 is 59.1. The van der Waals surface area contributed by atoms with Crippen LogP contribution in [0.1, 0.15) is 69.3 Å². The van der Waals surface area contributed by atoms with Crippen LogP contribution < -0.4 is 20.3 Å². The zero-order valence-corrected chi connectivity index (χ0v) is 22.8. The van der Waals surface area contributed by atoms with Crippen molar-refractivity contribution in [2.75, 3.05) is 11.4 Å². The summed E-state index contributed by atoms with van der Waals surface area (Å²) in [5, 5.41) is 15.4. The van der Waals surface area contributed by atoms with Crippen LogP contribution in [0.4, 0.5) is 23.4 Å². The molecule has 12 heteroatoms. The molecule has 0 radical (unpaired) electrons. The Morgan fingerprint density at radius 2 is 1.75 bits per heavy atom. The van der Waals surface area contributed by atoms with Crippen molar-refractivity contribution in [1.82, 2.24) is 15.6 Å². The predicted molar refractivity (Wildman–Crippen MR) is 139 cm³/mol. The number of aliphatic hydroxyl groups is 1. The number of alkyl halides is 2. The van der Waals surface area contributed by atoms with E-state index in [2.05, 4.69) is 20.5 Å². The van der Waals surface area contributed by atoms with Crippen LogP contribution in [-0.4, -0.2) is 58.6 Å². The summed E-state index contributed by atoms with van der Waals surface area (Å²) in [4.78, 5) is 31.8. The van der Waals surface area contributed by atoms with E-state index < -0.39 is 47.6 Å². The number of halogens is 4. The predicted octanol–water partition coefficient (Wildman–Crippen LogP) is 4.06. The van der Waals surface area contributed by atoms with Crippen molar-refractivity contribution in [3.63, 3.8) is 0 Å². The average Bonchev–Trinajstić information content (AvgIpc) is 3.13. The number of benzene rings is 1. The normalized spacial score (nSPS) is 20.9. The molecule has 0 spiro atoms. The van der Waals surface area contributed by atoms with Gasteiger partial charge in [-0.15, -0.1) is 0 Å². The molecule has 40 heavy (non-hydrogen) atoms. The molecule has 0 aliphatic carbocycles. The molecule has 2 aliphatic heterocycles. The SMILES string of the molecule is CC(C)(Oc1cc(C(C)(C)O)c(F)cc1F)C(=O)N[C@H]1C[C@H]2CC[C@@H](C1)N2c1ccc(C(=O)NCC(F)F)cn1. The van der Waals surface area contributed by atoms with E-state index >= 15 is 0 Å².